The highest BCUT2D eigenvalue weighted by Crippen LogP contribution is 2.23. The number of nitrogens with zero attached hydrogens (tertiary/aromatic N) is 1. The fourth-order valence-corrected chi connectivity index (χ4v) is 2.86. The topological polar surface area (TPSA) is 24.9 Å². The predicted molar refractivity (Wildman–Crippen MR) is 82.7 cm³/mol. The van der Waals surface area contributed by atoms with Gasteiger partial charge in [0.2, 0.25) is 0 Å². The zero-order valence-electron chi connectivity index (χ0n) is 12.2. The second kappa shape index (κ2) is 6.95. The third-order valence-electron chi connectivity index (χ3n) is 3.25. The molecule has 4 heteroatoms. The highest BCUT2D eigenvalue weighted by atomic mass is 32.1. The molecule has 0 aliphatic carbocycles. The van der Waals surface area contributed by atoms with E-state index in [0.717, 1.165) is 41.2 Å². The minimum atomic E-state index is -0.134. The Morgan fingerprint density at radius 1 is 1.35 bits per heavy atom. The number of aryl methyl sites for hydroxylation is 2. The quantitative estimate of drug-likeness (QED) is 0.864. The molecule has 2 aromatic rings. The van der Waals surface area contributed by atoms with Crippen LogP contribution in [0.25, 0.3) is 0 Å². The number of halogens is 1. The molecular formula is C16H21FN2S. The molecule has 0 saturated carbocycles. The average molecular weight is 292 g/mol. The van der Waals surface area contributed by atoms with Crippen LogP contribution in [0, 0.1) is 19.7 Å². The zero-order chi connectivity index (χ0) is 14.5. The van der Waals surface area contributed by atoms with Crippen LogP contribution in [0.5, 0.6) is 0 Å². The van der Waals surface area contributed by atoms with E-state index in [4.69, 9.17) is 0 Å². The summed E-state index contributed by atoms with van der Waals surface area (Å²) in [5.41, 5.74) is 2.71. The van der Waals surface area contributed by atoms with Crippen LogP contribution in [0.4, 0.5) is 4.39 Å². The van der Waals surface area contributed by atoms with Crippen molar-refractivity contribution in [1.29, 1.82) is 0 Å². The standard InChI is InChI=1S/C16H21FN2S/c1-4-7-18-16(9-13-10-20-12(3)19-13)14-6-5-11(2)8-15(14)17/h5-6,8,10,16,18H,4,7,9H2,1-3H3. The molecule has 1 heterocycles. The third-order valence-corrected chi connectivity index (χ3v) is 4.07. The summed E-state index contributed by atoms with van der Waals surface area (Å²) in [5, 5.41) is 6.54. The van der Waals surface area contributed by atoms with Crippen LogP contribution in [0.2, 0.25) is 0 Å². The van der Waals surface area contributed by atoms with Gasteiger partial charge in [-0.15, -0.1) is 11.3 Å². The first kappa shape index (κ1) is 15.1. The Morgan fingerprint density at radius 3 is 2.75 bits per heavy atom. The summed E-state index contributed by atoms with van der Waals surface area (Å²) in [7, 11) is 0. The molecule has 2 rings (SSSR count). The van der Waals surface area contributed by atoms with Crippen LogP contribution in [0.1, 0.15) is 41.2 Å². The van der Waals surface area contributed by atoms with Crippen molar-refractivity contribution in [1.82, 2.24) is 10.3 Å². The van der Waals surface area contributed by atoms with E-state index in [0.29, 0.717) is 0 Å². The number of thiazole rings is 1. The highest BCUT2D eigenvalue weighted by Gasteiger charge is 2.17. The fourth-order valence-electron chi connectivity index (χ4n) is 2.24. The Hall–Kier alpha value is -1.26. The minimum Gasteiger partial charge on any atom is -0.310 e. The van der Waals surface area contributed by atoms with Gasteiger partial charge in [0.05, 0.1) is 10.7 Å². The van der Waals surface area contributed by atoms with E-state index < -0.39 is 0 Å². The van der Waals surface area contributed by atoms with Crippen molar-refractivity contribution in [2.45, 2.75) is 39.7 Å². The molecule has 0 spiro atoms. The maximum atomic E-state index is 14.2. The zero-order valence-corrected chi connectivity index (χ0v) is 13.1. The van der Waals surface area contributed by atoms with Gasteiger partial charge in [-0.05, 0) is 38.4 Å². The molecule has 1 N–H and O–H groups in total. The Balaban J connectivity index is 2.22. The van der Waals surface area contributed by atoms with Gasteiger partial charge in [0.25, 0.3) is 0 Å². The SMILES string of the molecule is CCCNC(Cc1csc(C)n1)c1ccc(C)cc1F. The van der Waals surface area contributed by atoms with Crippen LogP contribution in [-0.2, 0) is 6.42 Å². The maximum Gasteiger partial charge on any atom is 0.128 e. The van der Waals surface area contributed by atoms with Gasteiger partial charge in [-0.1, -0.05) is 19.1 Å². The smallest absolute Gasteiger partial charge is 0.128 e. The number of benzene rings is 1. The van der Waals surface area contributed by atoms with Gasteiger partial charge in [-0.25, -0.2) is 9.37 Å². The van der Waals surface area contributed by atoms with Gasteiger partial charge in [0, 0.05) is 23.4 Å². The second-order valence-electron chi connectivity index (χ2n) is 5.09. The average Bonchev–Trinajstić information content (AvgIpc) is 2.80. The van der Waals surface area contributed by atoms with E-state index in [1.54, 1.807) is 17.4 Å². The maximum absolute atomic E-state index is 14.2. The molecule has 0 aliphatic rings. The van der Waals surface area contributed by atoms with E-state index in [9.17, 15) is 4.39 Å². The van der Waals surface area contributed by atoms with Crippen molar-refractivity contribution in [2.75, 3.05) is 6.54 Å². The molecule has 1 aromatic heterocycles. The first-order valence-electron chi connectivity index (χ1n) is 7.00. The van der Waals surface area contributed by atoms with E-state index >= 15 is 0 Å². The van der Waals surface area contributed by atoms with E-state index in [-0.39, 0.29) is 11.9 Å². The molecule has 0 saturated heterocycles. The van der Waals surface area contributed by atoms with Crippen LogP contribution >= 0.6 is 11.3 Å². The third kappa shape index (κ3) is 3.87. The summed E-state index contributed by atoms with van der Waals surface area (Å²) in [6.07, 6.45) is 1.75. The number of nitrogens with one attached hydrogen (secondary N) is 1. The summed E-state index contributed by atoms with van der Waals surface area (Å²) < 4.78 is 14.2. The van der Waals surface area contributed by atoms with Crippen LogP contribution in [0.3, 0.4) is 0 Å². The monoisotopic (exact) mass is 292 g/mol. The van der Waals surface area contributed by atoms with Crippen molar-refractivity contribution in [3.05, 3.63) is 51.2 Å². The Morgan fingerprint density at radius 2 is 2.15 bits per heavy atom. The summed E-state index contributed by atoms with van der Waals surface area (Å²) in [4.78, 5) is 4.49. The molecule has 1 atom stereocenters. The second-order valence-corrected chi connectivity index (χ2v) is 6.16. The van der Waals surface area contributed by atoms with Crippen LogP contribution in [0.15, 0.2) is 23.6 Å². The van der Waals surface area contributed by atoms with Gasteiger partial charge in [-0.3, -0.25) is 0 Å². The Labute approximate surface area is 124 Å². The number of rotatable bonds is 6. The van der Waals surface area contributed by atoms with Gasteiger partial charge in [-0.2, -0.15) is 0 Å². The lowest BCUT2D eigenvalue weighted by Gasteiger charge is -2.19. The van der Waals surface area contributed by atoms with E-state index in [1.807, 2.05) is 26.0 Å². The fraction of sp³-hybridized carbons (Fsp3) is 0.438. The lowest BCUT2D eigenvalue weighted by atomic mass is 10.00. The summed E-state index contributed by atoms with van der Waals surface area (Å²) in [6.45, 7) is 6.89. The largest absolute Gasteiger partial charge is 0.310 e. The van der Waals surface area contributed by atoms with Crippen molar-refractivity contribution < 1.29 is 4.39 Å². The van der Waals surface area contributed by atoms with Gasteiger partial charge < -0.3 is 5.32 Å². The Kier molecular flexibility index (Phi) is 5.26. The molecule has 0 aliphatic heterocycles. The van der Waals surface area contributed by atoms with E-state index in [2.05, 4.69) is 22.6 Å². The predicted octanol–water partition coefficient (Wildman–Crippen LogP) is 4.18. The summed E-state index contributed by atoms with van der Waals surface area (Å²) in [5.74, 6) is -0.134. The molecule has 0 amide bonds. The van der Waals surface area contributed by atoms with Gasteiger partial charge in [0.15, 0.2) is 0 Å². The van der Waals surface area contributed by atoms with Crippen molar-refractivity contribution in [2.24, 2.45) is 0 Å². The highest BCUT2D eigenvalue weighted by molar-refractivity contribution is 7.09. The number of hydrogen-bond acceptors (Lipinski definition) is 3. The van der Waals surface area contributed by atoms with Crippen LogP contribution < -0.4 is 5.32 Å². The minimum absolute atomic E-state index is 0.0166. The first-order valence-corrected chi connectivity index (χ1v) is 7.88. The van der Waals surface area contributed by atoms with Gasteiger partial charge >= 0.3 is 0 Å². The Bertz CT molecular complexity index is 565. The summed E-state index contributed by atoms with van der Waals surface area (Å²) in [6, 6.07) is 5.43. The van der Waals surface area contributed by atoms with Crippen molar-refractivity contribution >= 4 is 11.3 Å². The van der Waals surface area contributed by atoms with Crippen molar-refractivity contribution in [3.8, 4) is 0 Å². The van der Waals surface area contributed by atoms with Crippen LogP contribution in [-0.4, -0.2) is 11.5 Å². The van der Waals surface area contributed by atoms with E-state index in [1.165, 1.54) is 0 Å². The molecule has 0 fully saturated rings. The molecule has 0 radical (unpaired) electrons. The number of hydrogen-bond donors (Lipinski definition) is 1. The molecule has 20 heavy (non-hydrogen) atoms. The summed E-state index contributed by atoms with van der Waals surface area (Å²) >= 11 is 1.64. The molecule has 2 nitrogen and oxygen atoms in total. The molecule has 0 bridgehead atoms. The van der Waals surface area contributed by atoms with Crippen molar-refractivity contribution in [3.63, 3.8) is 0 Å². The lowest BCUT2D eigenvalue weighted by Crippen LogP contribution is -2.25. The molecular weight excluding hydrogens is 271 g/mol. The number of aromatic nitrogens is 1. The van der Waals surface area contributed by atoms with Gasteiger partial charge in [0.1, 0.15) is 5.82 Å². The molecule has 1 aromatic carbocycles. The first-order chi connectivity index (χ1) is 9.60. The molecule has 1 unspecified atom stereocenters. The lowest BCUT2D eigenvalue weighted by molar-refractivity contribution is 0.494. The molecule has 108 valence electrons. The normalized spacial score (nSPS) is 12.6.